The van der Waals surface area contributed by atoms with Crippen molar-refractivity contribution >= 4 is 17.4 Å². The Hall–Kier alpha value is -0.830. The van der Waals surface area contributed by atoms with Gasteiger partial charge in [-0.2, -0.15) is 0 Å². The van der Waals surface area contributed by atoms with E-state index in [9.17, 15) is 0 Å². The first-order chi connectivity index (χ1) is 8.77. The topological polar surface area (TPSA) is 37.8 Å². The zero-order valence-electron chi connectivity index (χ0n) is 12.6. The molecule has 1 N–H and O–H groups in total. The van der Waals surface area contributed by atoms with Crippen molar-refractivity contribution in [2.75, 3.05) is 11.9 Å². The van der Waals surface area contributed by atoms with Gasteiger partial charge in [-0.25, -0.2) is 9.97 Å². The van der Waals surface area contributed by atoms with Crippen molar-refractivity contribution in [2.24, 2.45) is 5.41 Å². The average Bonchev–Trinajstić information content (AvgIpc) is 3.10. The first kappa shape index (κ1) is 14.6. The quantitative estimate of drug-likeness (QED) is 0.835. The molecular formula is C15H24ClN3. The van der Waals surface area contributed by atoms with Crippen LogP contribution in [0.25, 0.3) is 0 Å². The molecule has 1 aliphatic rings. The fourth-order valence-corrected chi connectivity index (χ4v) is 2.27. The second-order valence-corrected chi connectivity index (χ2v) is 7.13. The number of nitrogens with one attached hydrogen (secondary N) is 1. The maximum atomic E-state index is 6.23. The predicted molar refractivity (Wildman–Crippen MR) is 80.9 cm³/mol. The van der Waals surface area contributed by atoms with Crippen LogP contribution >= 0.6 is 11.6 Å². The van der Waals surface area contributed by atoms with Gasteiger partial charge in [-0.15, -0.1) is 0 Å². The highest BCUT2D eigenvalue weighted by atomic mass is 35.5. The van der Waals surface area contributed by atoms with Crippen molar-refractivity contribution < 1.29 is 0 Å². The molecule has 2 rings (SSSR count). The molecule has 1 heterocycles. The van der Waals surface area contributed by atoms with Crippen LogP contribution in [0.5, 0.6) is 0 Å². The third-order valence-corrected chi connectivity index (χ3v) is 4.46. The van der Waals surface area contributed by atoms with Crippen molar-refractivity contribution in [3.63, 3.8) is 0 Å². The van der Waals surface area contributed by atoms with Gasteiger partial charge in [0.2, 0.25) is 0 Å². The molecule has 1 aliphatic carbocycles. The SMILES string of the molecule is CCC1(CNc2nc(C(C)(C)C)nc(Cl)c2C)CC1. The van der Waals surface area contributed by atoms with Crippen LogP contribution in [0, 0.1) is 12.3 Å². The van der Waals surface area contributed by atoms with Gasteiger partial charge in [-0.1, -0.05) is 39.3 Å². The molecule has 0 unspecified atom stereocenters. The third-order valence-electron chi connectivity index (χ3n) is 4.10. The highest BCUT2D eigenvalue weighted by Crippen LogP contribution is 2.48. The van der Waals surface area contributed by atoms with Gasteiger partial charge in [-0.3, -0.25) is 0 Å². The Morgan fingerprint density at radius 3 is 2.37 bits per heavy atom. The van der Waals surface area contributed by atoms with Gasteiger partial charge in [0.1, 0.15) is 16.8 Å². The lowest BCUT2D eigenvalue weighted by Gasteiger charge is -2.21. The second kappa shape index (κ2) is 4.93. The number of hydrogen-bond acceptors (Lipinski definition) is 3. The highest BCUT2D eigenvalue weighted by Gasteiger charge is 2.40. The molecule has 1 aromatic heterocycles. The number of anilines is 1. The van der Waals surface area contributed by atoms with Crippen LogP contribution in [0.15, 0.2) is 0 Å². The maximum Gasteiger partial charge on any atom is 0.137 e. The zero-order chi connectivity index (χ0) is 14.3. The Morgan fingerprint density at radius 1 is 1.26 bits per heavy atom. The Kier molecular flexibility index (Phi) is 3.78. The molecule has 0 aromatic carbocycles. The van der Waals surface area contributed by atoms with E-state index in [2.05, 4.69) is 43.0 Å². The van der Waals surface area contributed by atoms with Gasteiger partial charge in [0.05, 0.1) is 0 Å². The van der Waals surface area contributed by atoms with Gasteiger partial charge in [0.15, 0.2) is 0 Å². The predicted octanol–water partition coefficient (Wildman–Crippen LogP) is 4.34. The Balaban J connectivity index is 2.21. The normalized spacial score (nSPS) is 17.4. The largest absolute Gasteiger partial charge is 0.369 e. The number of hydrogen-bond donors (Lipinski definition) is 1. The van der Waals surface area contributed by atoms with Crippen LogP contribution in [0.4, 0.5) is 5.82 Å². The van der Waals surface area contributed by atoms with Gasteiger partial charge >= 0.3 is 0 Å². The summed E-state index contributed by atoms with van der Waals surface area (Å²) in [5.41, 5.74) is 1.35. The standard InChI is InChI=1S/C15H24ClN3/c1-6-15(7-8-15)9-17-12-10(2)11(16)18-13(19-12)14(3,4)5/h6-9H2,1-5H3,(H,17,18,19). The molecule has 0 bridgehead atoms. The molecular weight excluding hydrogens is 258 g/mol. The molecule has 1 aromatic rings. The summed E-state index contributed by atoms with van der Waals surface area (Å²) < 4.78 is 0. The van der Waals surface area contributed by atoms with Crippen LogP contribution in [0.1, 0.15) is 58.3 Å². The lowest BCUT2D eigenvalue weighted by molar-refractivity contribution is 0.517. The summed E-state index contributed by atoms with van der Waals surface area (Å²) in [7, 11) is 0. The summed E-state index contributed by atoms with van der Waals surface area (Å²) in [6.07, 6.45) is 3.87. The third kappa shape index (κ3) is 3.19. The van der Waals surface area contributed by atoms with Crippen molar-refractivity contribution in [2.45, 2.75) is 59.3 Å². The smallest absolute Gasteiger partial charge is 0.137 e. The summed E-state index contributed by atoms with van der Waals surface area (Å²) in [5, 5.41) is 4.04. The van der Waals surface area contributed by atoms with E-state index in [0.29, 0.717) is 10.6 Å². The zero-order valence-corrected chi connectivity index (χ0v) is 13.4. The van der Waals surface area contributed by atoms with E-state index in [1.54, 1.807) is 0 Å². The number of halogens is 1. The number of nitrogens with zero attached hydrogens (tertiary/aromatic N) is 2. The van der Waals surface area contributed by atoms with Gasteiger partial charge in [0.25, 0.3) is 0 Å². The van der Waals surface area contributed by atoms with Crippen LogP contribution in [0.3, 0.4) is 0 Å². The van der Waals surface area contributed by atoms with Crippen molar-refractivity contribution in [1.29, 1.82) is 0 Å². The van der Waals surface area contributed by atoms with Crippen LogP contribution in [0.2, 0.25) is 5.15 Å². The lowest BCUT2D eigenvalue weighted by Crippen LogP contribution is -2.20. The number of rotatable bonds is 4. The molecule has 4 heteroatoms. The van der Waals surface area contributed by atoms with Crippen molar-refractivity contribution in [3.8, 4) is 0 Å². The molecule has 0 radical (unpaired) electrons. The van der Waals surface area contributed by atoms with Crippen LogP contribution in [-0.2, 0) is 5.41 Å². The van der Waals surface area contributed by atoms with E-state index >= 15 is 0 Å². The van der Waals surface area contributed by atoms with E-state index in [0.717, 1.165) is 23.8 Å². The molecule has 19 heavy (non-hydrogen) atoms. The van der Waals surface area contributed by atoms with Crippen LogP contribution < -0.4 is 5.32 Å². The first-order valence-corrected chi connectivity index (χ1v) is 7.44. The van der Waals surface area contributed by atoms with Crippen molar-refractivity contribution in [3.05, 3.63) is 16.5 Å². The molecule has 1 saturated carbocycles. The van der Waals surface area contributed by atoms with E-state index in [4.69, 9.17) is 11.6 Å². The average molecular weight is 282 g/mol. The molecule has 0 spiro atoms. The lowest BCUT2D eigenvalue weighted by atomic mass is 9.95. The molecule has 106 valence electrons. The van der Waals surface area contributed by atoms with E-state index in [1.807, 2.05) is 6.92 Å². The molecule has 0 saturated heterocycles. The Bertz CT molecular complexity index is 473. The molecule has 3 nitrogen and oxygen atoms in total. The van der Waals surface area contributed by atoms with Crippen LogP contribution in [-0.4, -0.2) is 16.5 Å². The minimum Gasteiger partial charge on any atom is -0.369 e. The van der Waals surface area contributed by atoms with E-state index < -0.39 is 0 Å². The maximum absolute atomic E-state index is 6.23. The van der Waals surface area contributed by atoms with Gasteiger partial charge < -0.3 is 5.32 Å². The number of aromatic nitrogens is 2. The van der Waals surface area contributed by atoms with Crippen molar-refractivity contribution in [1.82, 2.24) is 9.97 Å². The minimum absolute atomic E-state index is 0.0875. The Morgan fingerprint density at radius 2 is 1.89 bits per heavy atom. The summed E-state index contributed by atoms with van der Waals surface area (Å²) in [6.45, 7) is 11.5. The summed E-state index contributed by atoms with van der Waals surface area (Å²) in [6, 6.07) is 0. The van der Waals surface area contributed by atoms with E-state index in [-0.39, 0.29) is 5.41 Å². The molecule has 0 amide bonds. The second-order valence-electron chi connectivity index (χ2n) is 6.77. The van der Waals surface area contributed by atoms with Gasteiger partial charge in [-0.05, 0) is 31.6 Å². The van der Waals surface area contributed by atoms with Gasteiger partial charge in [0, 0.05) is 17.5 Å². The fourth-order valence-electron chi connectivity index (χ4n) is 2.10. The summed E-state index contributed by atoms with van der Waals surface area (Å²) in [5.74, 6) is 1.69. The highest BCUT2D eigenvalue weighted by molar-refractivity contribution is 6.30. The molecule has 0 atom stereocenters. The molecule has 1 fully saturated rings. The first-order valence-electron chi connectivity index (χ1n) is 7.06. The minimum atomic E-state index is -0.0875. The summed E-state index contributed by atoms with van der Waals surface area (Å²) >= 11 is 6.23. The fraction of sp³-hybridized carbons (Fsp3) is 0.733. The Labute approximate surface area is 121 Å². The molecule has 0 aliphatic heterocycles. The summed E-state index contributed by atoms with van der Waals surface area (Å²) in [4.78, 5) is 9.06. The monoisotopic (exact) mass is 281 g/mol. The van der Waals surface area contributed by atoms with E-state index in [1.165, 1.54) is 19.3 Å².